The predicted molar refractivity (Wildman–Crippen MR) is 81.3 cm³/mol. The summed E-state index contributed by atoms with van der Waals surface area (Å²) < 4.78 is 28.6. The zero-order valence-corrected chi connectivity index (χ0v) is 12.6. The molecule has 0 aliphatic heterocycles. The quantitative estimate of drug-likeness (QED) is 0.804. The third kappa shape index (κ3) is 2.92. The lowest BCUT2D eigenvalue weighted by molar-refractivity contribution is -0.117. The average Bonchev–Trinajstić information content (AvgIpc) is 3.01. The first-order valence-corrected chi connectivity index (χ1v) is 6.99. The summed E-state index contributed by atoms with van der Waals surface area (Å²) in [6, 6.07) is 8.70. The number of para-hydroxylation sites is 2. The van der Waals surface area contributed by atoms with Crippen LogP contribution in [-0.4, -0.2) is 25.2 Å². The molecule has 2 heterocycles. The Morgan fingerprint density at radius 1 is 1.35 bits per heavy atom. The Kier molecular flexibility index (Phi) is 3.81. The molecule has 23 heavy (non-hydrogen) atoms. The number of benzene rings is 1. The summed E-state index contributed by atoms with van der Waals surface area (Å²) >= 11 is 0. The van der Waals surface area contributed by atoms with Gasteiger partial charge in [0.05, 0.1) is 16.7 Å². The van der Waals surface area contributed by atoms with Crippen molar-refractivity contribution in [2.75, 3.05) is 5.32 Å². The van der Waals surface area contributed by atoms with E-state index in [4.69, 9.17) is 0 Å². The number of amides is 1. The van der Waals surface area contributed by atoms with E-state index in [2.05, 4.69) is 15.4 Å². The number of imidazole rings is 1. The second-order valence-electron chi connectivity index (χ2n) is 5.20. The van der Waals surface area contributed by atoms with E-state index in [-0.39, 0.29) is 12.2 Å². The highest BCUT2D eigenvalue weighted by Gasteiger charge is 2.18. The second kappa shape index (κ2) is 5.79. The van der Waals surface area contributed by atoms with Gasteiger partial charge in [-0.2, -0.15) is 5.10 Å². The number of aromatic nitrogens is 4. The molecule has 0 spiro atoms. The molecule has 0 fully saturated rings. The highest BCUT2D eigenvalue weighted by atomic mass is 19.3. The van der Waals surface area contributed by atoms with Crippen molar-refractivity contribution in [3.8, 4) is 0 Å². The number of nitrogens with one attached hydrogen (secondary N) is 1. The molecule has 0 aliphatic rings. The van der Waals surface area contributed by atoms with E-state index in [1.165, 1.54) is 6.07 Å². The van der Waals surface area contributed by atoms with Gasteiger partial charge in [-0.15, -0.1) is 0 Å². The van der Waals surface area contributed by atoms with Crippen molar-refractivity contribution in [1.29, 1.82) is 0 Å². The fourth-order valence-electron chi connectivity index (χ4n) is 2.43. The molecule has 3 rings (SSSR count). The van der Waals surface area contributed by atoms with E-state index in [1.54, 1.807) is 18.5 Å². The van der Waals surface area contributed by atoms with E-state index in [1.807, 2.05) is 24.3 Å². The molecular weight excluding hydrogens is 304 g/mol. The summed E-state index contributed by atoms with van der Waals surface area (Å²) in [7, 11) is 1.77. The van der Waals surface area contributed by atoms with Gasteiger partial charge in [-0.25, -0.2) is 13.8 Å². The maximum atomic E-state index is 12.9. The van der Waals surface area contributed by atoms with Gasteiger partial charge in [0, 0.05) is 7.05 Å². The van der Waals surface area contributed by atoms with Crippen LogP contribution in [0.15, 0.2) is 30.3 Å². The number of hydrogen-bond acceptors (Lipinski definition) is 3. The Balaban J connectivity index is 1.80. The standard InChI is InChI=1S/C15H15F2N5O/c1-9-7-12(14(16)17)22(20-9)8-13(23)19-15-18-10-5-3-4-6-11(10)21(15)2/h3-7,14H,8H2,1-2H3,(H,18,19,23). The summed E-state index contributed by atoms with van der Waals surface area (Å²) in [5, 5.41) is 6.56. The molecule has 0 unspecified atom stereocenters. The number of hydrogen-bond donors (Lipinski definition) is 1. The van der Waals surface area contributed by atoms with Crippen LogP contribution >= 0.6 is 0 Å². The molecule has 3 aromatic rings. The van der Waals surface area contributed by atoms with Gasteiger partial charge in [0.15, 0.2) is 0 Å². The maximum Gasteiger partial charge on any atom is 0.280 e. The summed E-state index contributed by atoms with van der Waals surface area (Å²) in [5.74, 6) is -0.105. The first kappa shape index (κ1) is 15.1. The van der Waals surface area contributed by atoms with Gasteiger partial charge < -0.3 is 4.57 Å². The van der Waals surface area contributed by atoms with Crippen LogP contribution < -0.4 is 5.32 Å². The monoisotopic (exact) mass is 319 g/mol. The van der Waals surface area contributed by atoms with Crippen LogP contribution in [-0.2, 0) is 18.4 Å². The minimum Gasteiger partial charge on any atom is -0.313 e. The number of anilines is 1. The Bertz CT molecular complexity index is 868. The Labute approximate surface area is 130 Å². The Hall–Kier alpha value is -2.77. The number of fused-ring (bicyclic) bond motifs is 1. The lowest BCUT2D eigenvalue weighted by Crippen LogP contribution is -2.22. The van der Waals surface area contributed by atoms with Crippen molar-refractivity contribution >= 4 is 22.9 Å². The summed E-state index contributed by atoms with van der Waals surface area (Å²) in [6.07, 6.45) is -2.68. The smallest absolute Gasteiger partial charge is 0.280 e. The van der Waals surface area contributed by atoms with Gasteiger partial charge in [0.1, 0.15) is 12.2 Å². The van der Waals surface area contributed by atoms with Crippen LogP contribution in [0, 0.1) is 6.92 Å². The number of aryl methyl sites for hydroxylation is 2. The van der Waals surface area contributed by atoms with Crippen LogP contribution in [0.3, 0.4) is 0 Å². The molecule has 2 aromatic heterocycles. The SMILES string of the molecule is Cc1cc(C(F)F)n(CC(=O)Nc2nc3ccccc3n2C)n1. The minimum atomic E-state index is -2.68. The number of carbonyl (C=O) groups excluding carboxylic acids is 1. The Morgan fingerprint density at radius 3 is 2.78 bits per heavy atom. The predicted octanol–water partition coefficient (Wildman–Crippen LogP) is 2.65. The van der Waals surface area contributed by atoms with E-state index in [0.29, 0.717) is 11.6 Å². The number of alkyl halides is 2. The second-order valence-corrected chi connectivity index (χ2v) is 5.20. The molecule has 0 saturated carbocycles. The van der Waals surface area contributed by atoms with Crippen LogP contribution in [0.4, 0.5) is 14.7 Å². The van der Waals surface area contributed by atoms with Crippen LogP contribution in [0.5, 0.6) is 0 Å². The van der Waals surface area contributed by atoms with Gasteiger partial charge in [0.2, 0.25) is 11.9 Å². The molecule has 1 amide bonds. The summed E-state index contributed by atoms with van der Waals surface area (Å²) in [6.45, 7) is 1.31. The zero-order valence-electron chi connectivity index (χ0n) is 12.6. The topological polar surface area (TPSA) is 64.7 Å². The van der Waals surface area contributed by atoms with Crippen molar-refractivity contribution < 1.29 is 13.6 Å². The van der Waals surface area contributed by atoms with E-state index in [0.717, 1.165) is 15.7 Å². The summed E-state index contributed by atoms with van der Waals surface area (Å²) in [4.78, 5) is 16.4. The fourth-order valence-corrected chi connectivity index (χ4v) is 2.43. The first-order valence-electron chi connectivity index (χ1n) is 6.99. The molecule has 0 atom stereocenters. The highest BCUT2D eigenvalue weighted by molar-refractivity contribution is 5.91. The van der Waals surface area contributed by atoms with Gasteiger partial charge in [-0.05, 0) is 25.1 Å². The molecule has 0 saturated heterocycles. The number of carbonyl (C=O) groups is 1. The molecule has 0 aliphatic carbocycles. The van der Waals surface area contributed by atoms with Crippen LogP contribution in [0.1, 0.15) is 17.8 Å². The molecule has 0 bridgehead atoms. The minimum absolute atomic E-state index is 0.275. The third-order valence-corrected chi connectivity index (χ3v) is 3.49. The van der Waals surface area contributed by atoms with Crippen molar-refractivity contribution in [2.45, 2.75) is 19.9 Å². The van der Waals surface area contributed by atoms with E-state index < -0.39 is 12.3 Å². The van der Waals surface area contributed by atoms with Crippen LogP contribution in [0.25, 0.3) is 11.0 Å². The number of nitrogens with zero attached hydrogens (tertiary/aromatic N) is 4. The largest absolute Gasteiger partial charge is 0.313 e. The molecule has 120 valence electrons. The number of halogens is 2. The average molecular weight is 319 g/mol. The zero-order chi connectivity index (χ0) is 16.6. The molecule has 1 aromatic carbocycles. The maximum absolute atomic E-state index is 12.9. The Morgan fingerprint density at radius 2 is 2.09 bits per heavy atom. The van der Waals surface area contributed by atoms with Gasteiger partial charge in [0.25, 0.3) is 6.43 Å². The molecular formula is C15H15F2N5O. The van der Waals surface area contributed by atoms with E-state index >= 15 is 0 Å². The first-order chi connectivity index (χ1) is 11.0. The van der Waals surface area contributed by atoms with Gasteiger partial charge in [-0.3, -0.25) is 14.8 Å². The van der Waals surface area contributed by atoms with Crippen molar-refractivity contribution in [3.05, 3.63) is 41.7 Å². The van der Waals surface area contributed by atoms with Crippen molar-refractivity contribution in [3.63, 3.8) is 0 Å². The molecule has 1 N–H and O–H groups in total. The van der Waals surface area contributed by atoms with E-state index in [9.17, 15) is 13.6 Å². The van der Waals surface area contributed by atoms with Crippen molar-refractivity contribution in [1.82, 2.24) is 19.3 Å². The molecule has 0 radical (unpaired) electrons. The number of rotatable bonds is 4. The fraction of sp³-hybridized carbons (Fsp3) is 0.267. The summed E-state index contributed by atoms with van der Waals surface area (Å²) in [5.41, 5.74) is 1.78. The molecule has 8 heteroatoms. The van der Waals surface area contributed by atoms with Gasteiger partial charge >= 0.3 is 0 Å². The van der Waals surface area contributed by atoms with Crippen LogP contribution in [0.2, 0.25) is 0 Å². The van der Waals surface area contributed by atoms with Crippen molar-refractivity contribution in [2.24, 2.45) is 7.05 Å². The molecule has 6 nitrogen and oxygen atoms in total. The lowest BCUT2D eigenvalue weighted by Gasteiger charge is -2.08. The highest BCUT2D eigenvalue weighted by Crippen LogP contribution is 2.20. The lowest BCUT2D eigenvalue weighted by atomic mass is 10.3. The normalized spacial score (nSPS) is 11.3. The third-order valence-electron chi connectivity index (χ3n) is 3.49. The van der Waals surface area contributed by atoms with Gasteiger partial charge in [-0.1, -0.05) is 12.1 Å².